The Bertz CT molecular complexity index is 1010. The average molecular weight is 373 g/mol. The van der Waals surface area contributed by atoms with Crippen LogP contribution in [0, 0.1) is 13.8 Å². The first kappa shape index (κ1) is 18.2. The minimum Gasteiger partial charge on any atom is -0.445 e. The van der Waals surface area contributed by atoms with Crippen LogP contribution in [0.3, 0.4) is 0 Å². The van der Waals surface area contributed by atoms with Gasteiger partial charge < -0.3 is 10.5 Å². The molecule has 28 heavy (non-hydrogen) atoms. The van der Waals surface area contributed by atoms with Crippen LogP contribution >= 0.6 is 0 Å². The third kappa shape index (κ3) is 3.15. The Labute approximate surface area is 164 Å². The monoisotopic (exact) mass is 373 g/mol. The van der Waals surface area contributed by atoms with E-state index in [9.17, 15) is 9.59 Å². The molecule has 0 bridgehead atoms. The molecule has 4 heteroatoms. The number of hydrogen-bond donors (Lipinski definition) is 1. The fraction of sp³-hybridized carbons (Fsp3) is 0.250. The zero-order chi connectivity index (χ0) is 19.8. The SMILES string of the molecule is Cc1ccc(C(=O)C2=C(N)OC3=C(C(=O)CCC3)[C@@H]2c2ccc(C)cc2)cc1. The highest BCUT2D eigenvalue weighted by atomic mass is 16.5. The molecule has 0 saturated heterocycles. The molecule has 0 spiro atoms. The summed E-state index contributed by atoms with van der Waals surface area (Å²) in [6.45, 7) is 3.98. The predicted octanol–water partition coefficient (Wildman–Crippen LogP) is 4.48. The Morgan fingerprint density at radius 2 is 1.57 bits per heavy atom. The minimum absolute atomic E-state index is 0.0357. The lowest BCUT2D eigenvalue weighted by Crippen LogP contribution is -2.30. The van der Waals surface area contributed by atoms with Crippen LogP contribution in [-0.4, -0.2) is 11.6 Å². The van der Waals surface area contributed by atoms with Gasteiger partial charge in [-0.3, -0.25) is 9.59 Å². The molecule has 0 saturated carbocycles. The first-order valence-corrected chi connectivity index (χ1v) is 9.57. The van der Waals surface area contributed by atoms with E-state index < -0.39 is 5.92 Å². The maximum atomic E-state index is 13.4. The molecule has 1 atom stereocenters. The van der Waals surface area contributed by atoms with E-state index in [1.54, 1.807) is 12.1 Å². The van der Waals surface area contributed by atoms with Gasteiger partial charge in [0.25, 0.3) is 0 Å². The van der Waals surface area contributed by atoms with E-state index in [2.05, 4.69) is 0 Å². The fourth-order valence-corrected chi connectivity index (χ4v) is 3.93. The van der Waals surface area contributed by atoms with Crippen LogP contribution in [0.15, 0.2) is 71.3 Å². The molecule has 142 valence electrons. The summed E-state index contributed by atoms with van der Waals surface area (Å²) in [5.74, 6) is 0.0527. The van der Waals surface area contributed by atoms with Gasteiger partial charge in [-0.1, -0.05) is 59.7 Å². The van der Waals surface area contributed by atoms with Gasteiger partial charge in [0, 0.05) is 24.0 Å². The van der Waals surface area contributed by atoms with Crippen molar-refractivity contribution in [3.05, 3.63) is 93.6 Å². The van der Waals surface area contributed by atoms with Crippen molar-refractivity contribution in [3.8, 4) is 0 Å². The first-order valence-electron chi connectivity index (χ1n) is 9.57. The van der Waals surface area contributed by atoms with Gasteiger partial charge in [0.15, 0.2) is 17.4 Å². The number of ketones is 2. The van der Waals surface area contributed by atoms with Crippen LogP contribution in [0.25, 0.3) is 0 Å². The van der Waals surface area contributed by atoms with Gasteiger partial charge in [-0.05, 0) is 25.8 Å². The molecule has 0 radical (unpaired) electrons. The van der Waals surface area contributed by atoms with Crippen LogP contribution in [0.5, 0.6) is 0 Å². The van der Waals surface area contributed by atoms with Gasteiger partial charge in [0.1, 0.15) is 5.76 Å². The minimum atomic E-state index is -0.494. The van der Waals surface area contributed by atoms with E-state index in [4.69, 9.17) is 10.5 Å². The molecule has 0 fully saturated rings. The number of ether oxygens (including phenoxy) is 1. The smallest absolute Gasteiger partial charge is 0.198 e. The second-order valence-electron chi connectivity index (χ2n) is 7.53. The molecule has 2 aliphatic rings. The number of carbonyl (C=O) groups excluding carboxylic acids is 2. The summed E-state index contributed by atoms with van der Waals surface area (Å²) in [5.41, 5.74) is 10.8. The normalized spacial score (nSPS) is 19.4. The molecule has 2 N–H and O–H groups in total. The Hall–Kier alpha value is -3.14. The molecule has 2 aromatic rings. The number of Topliss-reactive ketones (excluding diaryl/α,β-unsaturated/α-hetero) is 2. The lowest BCUT2D eigenvalue weighted by atomic mass is 9.75. The van der Waals surface area contributed by atoms with Crippen LogP contribution in [0.4, 0.5) is 0 Å². The molecule has 1 aliphatic heterocycles. The highest BCUT2D eigenvalue weighted by Gasteiger charge is 2.40. The summed E-state index contributed by atoms with van der Waals surface area (Å²) in [6, 6.07) is 15.3. The number of benzene rings is 2. The average Bonchev–Trinajstić information content (AvgIpc) is 2.68. The topological polar surface area (TPSA) is 69.4 Å². The summed E-state index contributed by atoms with van der Waals surface area (Å²) >= 11 is 0. The van der Waals surface area contributed by atoms with Crippen molar-refractivity contribution in [2.24, 2.45) is 5.73 Å². The second kappa shape index (κ2) is 7.12. The Balaban J connectivity index is 1.87. The van der Waals surface area contributed by atoms with Crippen molar-refractivity contribution in [3.63, 3.8) is 0 Å². The number of aryl methyl sites for hydroxylation is 2. The van der Waals surface area contributed by atoms with Crippen molar-refractivity contribution in [2.45, 2.75) is 39.0 Å². The van der Waals surface area contributed by atoms with Crippen LogP contribution in [0.2, 0.25) is 0 Å². The highest BCUT2D eigenvalue weighted by Crippen LogP contribution is 2.44. The third-order valence-electron chi connectivity index (χ3n) is 5.45. The number of carbonyl (C=O) groups is 2. The second-order valence-corrected chi connectivity index (χ2v) is 7.53. The van der Waals surface area contributed by atoms with E-state index in [1.165, 1.54) is 0 Å². The quantitative estimate of drug-likeness (QED) is 0.806. The Morgan fingerprint density at radius 3 is 2.21 bits per heavy atom. The number of rotatable bonds is 3. The van der Waals surface area contributed by atoms with E-state index in [0.717, 1.165) is 23.1 Å². The van der Waals surface area contributed by atoms with E-state index in [1.807, 2.05) is 50.2 Å². The van der Waals surface area contributed by atoms with Crippen LogP contribution < -0.4 is 5.73 Å². The molecule has 1 aliphatic carbocycles. The van der Waals surface area contributed by atoms with E-state index in [-0.39, 0.29) is 17.4 Å². The largest absolute Gasteiger partial charge is 0.445 e. The summed E-state index contributed by atoms with van der Waals surface area (Å²) < 4.78 is 5.81. The first-order chi connectivity index (χ1) is 13.5. The summed E-state index contributed by atoms with van der Waals surface area (Å²) in [6.07, 6.45) is 1.87. The zero-order valence-corrected chi connectivity index (χ0v) is 16.1. The van der Waals surface area contributed by atoms with Gasteiger partial charge >= 0.3 is 0 Å². The number of nitrogens with two attached hydrogens (primary N) is 1. The van der Waals surface area contributed by atoms with Crippen molar-refractivity contribution < 1.29 is 14.3 Å². The van der Waals surface area contributed by atoms with Crippen molar-refractivity contribution in [1.82, 2.24) is 0 Å². The summed E-state index contributed by atoms with van der Waals surface area (Å²) in [4.78, 5) is 26.2. The van der Waals surface area contributed by atoms with E-state index >= 15 is 0 Å². The van der Waals surface area contributed by atoms with Crippen LogP contribution in [-0.2, 0) is 9.53 Å². The molecular formula is C24H23NO3. The number of allylic oxidation sites excluding steroid dienone is 3. The Kier molecular flexibility index (Phi) is 4.63. The van der Waals surface area contributed by atoms with Crippen molar-refractivity contribution in [2.75, 3.05) is 0 Å². The molecule has 1 heterocycles. The van der Waals surface area contributed by atoms with Crippen molar-refractivity contribution >= 4 is 11.6 Å². The van der Waals surface area contributed by atoms with Crippen molar-refractivity contribution in [1.29, 1.82) is 0 Å². The maximum Gasteiger partial charge on any atom is 0.198 e. The molecule has 4 nitrogen and oxygen atoms in total. The standard InChI is InChI=1S/C24H23NO3/c1-14-6-10-16(11-7-14)20-21-18(26)4-3-5-19(21)28-24(25)22(20)23(27)17-12-8-15(2)9-13-17/h6-13,20H,3-5,25H2,1-2H3/t20-/m0/s1. The fourth-order valence-electron chi connectivity index (χ4n) is 3.93. The van der Waals surface area contributed by atoms with Crippen LogP contribution in [0.1, 0.15) is 52.2 Å². The molecule has 0 amide bonds. The van der Waals surface area contributed by atoms with Gasteiger partial charge in [-0.15, -0.1) is 0 Å². The maximum absolute atomic E-state index is 13.4. The molecular weight excluding hydrogens is 350 g/mol. The summed E-state index contributed by atoms with van der Waals surface area (Å²) in [5, 5.41) is 0. The summed E-state index contributed by atoms with van der Waals surface area (Å²) in [7, 11) is 0. The third-order valence-corrected chi connectivity index (χ3v) is 5.45. The highest BCUT2D eigenvalue weighted by molar-refractivity contribution is 6.12. The Morgan fingerprint density at radius 1 is 0.964 bits per heavy atom. The molecule has 0 aromatic heterocycles. The van der Waals surface area contributed by atoms with Gasteiger partial charge in [0.05, 0.1) is 11.5 Å². The lowest BCUT2D eigenvalue weighted by molar-refractivity contribution is -0.116. The lowest BCUT2D eigenvalue weighted by Gasteiger charge is -2.33. The van der Waals surface area contributed by atoms with Gasteiger partial charge in [-0.2, -0.15) is 0 Å². The molecule has 4 rings (SSSR count). The van der Waals surface area contributed by atoms with Gasteiger partial charge in [-0.25, -0.2) is 0 Å². The number of hydrogen-bond acceptors (Lipinski definition) is 4. The van der Waals surface area contributed by atoms with E-state index in [0.29, 0.717) is 35.3 Å². The molecule has 2 aromatic carbocycles. The molecule has 0 unspecified atom stereocenters. The zero-order valence-electron chi connectivity index (χ0n) is 16.1. The predicted molar refractivity (Wildman–Crippen MR) is 108 cm³/mol. The van der Waals surface area contributed by atoms with Gasteiger partial charge in [0.2, 0.25) is 0 Å².